The third kappa shape index (κ3) is 9.27. The van der Waals surface area contributed by atoms with Crippen molar-refractivity contribution in [3.05, 3.63) is 120 Å². The number of oxime groups is 1. The van der Waals surface area contributed by atoms with Crippen LogP contribution in [0.1, 0.15) is 87.1 Å². The molecule has 2 aliphatic carbocycles. The normalized spacial score (nSPS) is 26.7. The molecule has 0 radical (unpaired) electrons. The Hall–Kier alpha value is -4.19. The van der Waals surface area contributed by atoms with E-state index in [-0.39, 0.29) is 48.4 Å². The minimum atomic E-state index is -1.09. The number of unbranched alkanes of at least 4 members (excludes halogenated alkanes) is 2. The number of nitrogens with zero attached hydrogens (tertiary/aromatic N) is 2. The van der Waals surface area contributed by atoms with Gasteiger partial charge in [0, 0.05) is 48.1 Å². The molecule has 10 heteroatoms. The van der Waals surface area contributed by atoms with Gasteiger partial charge in [-0.05, 0) is 116 Å². The van der Waals surface area contributed by atoms with Crippen LogP contribution in [-0.4, -0.2) is 64.7 Å². The van der Waals surface area contributed by atoms with Gasteiger partial charge in [0.05, 0.1) is 35.8 Å². The van der Waals surface area contributed by atoms with E-state index in [1.807, 2.05) is 37.3 Å². The maximum Gasteiger partial charge on any atom is 0.231 e. The number of aryl methyl sites for hydroxylation is 1. The Morgan fingerprint density at radius 2 is 1.80 bits per heavy atom. The molecule has 312 valence electrons. The SMILES string of the molecule is C=CCO[C@@]12Oc3ccc(OCc4cccc(C)n4)cc3[C@H]3[C@H](CCCCO)[C@@H](CCCCO)C=C(C(=NOC4CCCCO4)C[C@@H]1Sc1ccc4ccccc4c1)[C@H]32. The summed E-state index contributed by atoms with van der Waals surface area (Å²) in [5.74, 6) is 0.521. The van der Waals surface area contributed by atoms with Gasteiger partial charge in [-0.1, -0.05) is 66.5 Å². The summed E-state index contributed by atoms with van der Waals surface area (Å²) in [5.41, 5.74) is 4.90. The first-order valence-electron chi connectivity index (χ1n) is 21.6. The summed E-state index contributed by atoms with van der Waals surface area (Å²) in [4.78, 5) is 12.1. The molecule has 1 unspecified atom stereocenters. The van der Waals surface area contributed by atoms with Crippen molar-refractivity contribution in [2.45, 2.75) is 106 Å². The van der Waals surface area contributed by atoms with Gasteiger partial charge in [-0.15, -0.1) is 18.3 Å². The molecule has 3 aromatic carbocycles. The average Bonchev–Trinajstić information content (AvgIpc) is 3.26. The van der Waals surface area contributed by atoms with Crippen LogP contribution in [0.5, 0.6) is 11.5 Å². The lowest BCUT2D eigenvalue weighted by atomic mass is 9.56. The zero-order valence-electron chi connectivity index (χ0n) is 34.2. The number of allylic oxidation sites excluding steroid dienone is 1. The molecule has 4 aliphatic rings. The maximum absolute atomic E-state index is 9.99. The molecule has 0 spiro atoms. The molecule has 2 fully saturated rings. The van der Waals surface area contributed by atoms with Crippen LogP contribution >= 0.6 is 11.8 Å². The summed E-state index contributed by atoms with van der Waals surface area (Å²) in [7, 11) is 0. The average molecular weight is 819 g/mol. The van der Waals surface area contributed by atoms with E-state index < -0.39 is 5.79 Å². The first-order valence-corrected chi connectivity index (χ1v) is 22.4. The first-order chi connectivity index (χ1) is 29.0. The van der Waals surface area contributed by atoms with Gasteiger partial charge in [0.25, 0.3) is 0 Å². The van der Waals surface area contributed by atoms with Crippen molar-refractivity contribution in [1.82, 2.24) is 4.98 Å². The van der Waals surface area contributed by atoms with E-state index in [1.165, 1.54) is 10.8 Å². The van der Waals surface area contributed by atoms with E-state index in [0.717, 1.165) is 102 Å². The monoisotopic (exact) mass is 818 g/mol. The number of fused-ring (bicyclic) bond motifs is 3. The summed E-state index contributed by atoms with van der Waals surface area (Å²) >= 11 is 1.77. The number of benzene rings is 3. The number of aliphatic hydroxyl groups is 2. The van der Waals surface area contributed by atoms with E-state index >= 15 is 0 Å². The van der Waals surface area contributed by atoms with Crippen LogP contribution < -0.4 is 9.47 Å². The summed E-state index contributed by atoms with van der Waals surface area (Å²) in [6.07, 6.45) is 12.3. The molecule has 9 nitrogen and oxygen atoms in total. The van der Waals surface area contributed by atoms with Gasteiger partial charge in [-0.25, -0.2) is 0 Å². The highest BCUT2D eigenvalue weighted by Gasteiger charge is 2.64. The molecule has 4 aromatic rings. The van der Waals surface area contributed by atoms with Gasteiger partial charge >= 0.3 is 0 Å². The summed E-state index contributed by atoms with van der Waals surface area (Å²) < 4.78 is 27.1. The fourth-order valence-electron chi connectivity index (χ4n) is 9.67. The highest BCUT2D eigenvalue weighted by atomic mass is 32.2. The molecule has 2 N–H and O–H groups in total. The number of pyridine rings is 1. The molecular formula is C49H58N2O7S. The molecule has 7 atom stereocenters. The number of hydrogen-bond acceptors (Lipinski definition) is 10. The molecule has 1 saturated heterocycles. The van der Waals surface area contributed by atoms with Crippen LogP contribution in [0.4, 0.5) is 0 Å². The third-order valence-corrected chi connectivity index (χ3v) is 13.7. The van der Waals surface area contributed by atoms with Crippen LogP contribution in [0.2, 0.25) is 0 Å². The lowest BCUT2D eigenvalue weighted by Gasteiger charge is -2.58. The summed E-state index contributed by atoms with van der Waals surface area (Å²) in [6.45, 7) is 7.70. The fourth-order valence-corrected chi connectivity index (χ4v) is 11.0. The highest BCUT2D eigenvalue weighted by molar-refractivity contribution is 8.00. The predicted molar refractivity (Wildman–Crippen MR) is 233 cm³/mol. The number of aliphatic hydroxyl groups excluding tert-OH is 2. The van der Waals surface area contributed by atoms with E-state index in [2.05, 4.69) is 72.2 Å². The van der Waals surface area contributed by atoms with Crippen molar-refractivity contribution < 1.29 is 34.0 Å². The summed E-state index contributed by atoms with van der Waals surface area (Å²) in [6, 6.07) is 27.3. The quantitative estimate of drug-likeness (QED) is 0.0576. The Kier molecular flexibility index (Phi) is 13.7. The van der Waals surface area contributed by atoms with Crippen molar-refractivity contribution in [3.8, 4) is 11.5 Å². The van der Waals surface area contributed by atoms with E-state index in [4.69, 9.17) is 28.9 Å². The molecule has 0 bridgehead atoms. The van der Waals surface area contributed by atoms with E-state index in [0.29, 0.717) is 26.2 Å². The smallest absolute Gasteiger partial charge is 0.231 e. The molecular weight excluding hydrogens is 761 g/mol. The van der Waals surface area contributed by atoms with Gasteiger partial charge in [0.2, 0.25) is 12.1 Å². The first kappa shape index (κ1) is 41.5. The molecule has 0 amide bonds. The largest absolute Gasteiger partial charge is 0.487 e. The van der Waals surface area contributed by atoms with Gasteiger partial charge < -0.3 is 34.0 Å². The molecule has 1 aromatic heterocycles. The van der Waals surface area contributed by atoms with E-state index in [1.54, 1.807) is 11.8 Å². The Bertz CT molecular complexity index is 2120. The van der Waals surface area contributed by atoms with Gasteiger partial charge in [0.15, 0.2) is 0 Å². The number of rotatable bonds is 18. The van der Waals surface area contributed by atoms with Crippen LogP contribution in [0.25, 0.3) is 10.8 Å². The minimum absolute atomic E-state index is 0.0434. The highest BCUT2D eigenvalue weighted by Crippen LogP contribution is 2.63. The Balaban J connectivity index is 1.28. The van der Waals surface area contributed by atoms with Crippen molar-refractivity contribution in [3.63, 3.8) is 0 Å². The second kappa shape index (κ2) is 19.5. The Labute approximate surface area is 352 Å². The van der Waals surface area contributed by atoms with Crippen molar-refractivity contribution in [1.29, 1.82) is 0 Å². The maximum atomic E-state index is 9.99. The van der Waals surface area contributed by atoms with Gasteiger partial charge in [0.1, 0.15) is 18.1 Å². The standard InChI is InChI=1S/C49H58N2O7S/c1-3-26-56-49-45(59-39-22-20-34-14-4-5-15-35(34)28-39)31-43(51-58-46-19-8-11-27-54-46)41-29-36(16-6-9-24-52)40(18-7-10-25-53)47(48(41)49)42-30-38(21-23-44(42)57-49)55-32-37-17-12-13-33(2)50-37/h3-5,12-15,17,20-23,28-30,36,40,45-48,52-53H,1,6-11,16,18-19,24-27,31-32H2,2H3/t36-,40+,45-,46?,47+,48+,49+/m0/s1. The van der Waals surface area contributed by atoms with Crippen molar-refractivity contribution in [2.24, 2.45) is 22.9 Å². The zero-order chi connectivity index (χ0) is 40.6. The number of aromatic nitrogens is 1. The minimum Gasteiger partial charge on any atom is -0.487 e. The third-order valence-electron chi connectivity index (χ3n) is 12.4. The van der Waals surface area contributed by atoms with Crippen LogP contribution in [0, 0.1) is 24.7 Å². The number of hydrogen-bond donors (Lipinski definition) is 2. The second-order valence-corrected chi connectivity index (χ2v) is 17.6. The number of ether oxygens (including phenoxy) is 4. The number of thioether (sulfide) groups is 1. The van der Waals surface area contributed by atoms with Gasteiger partial charge in [-0.2, -0.15) is 0 Å². The molecule has 8 rings (SSSR count). The molecule has 59 heavy (non-hydrogen) atoms. The fraction of sp³-hybridized carbons (Fsp3) is 0.469. The van der Waals surface area contributed by atoms with Crippen LogP contribution in [-0.2, 0) is 20.9 Å². The predicted octanol–water partition coefficient (Wildman–Crippen LogP) is 10.1. The van der Waals surface area contributed by atoms with Crippen LogP contribution in [0.3, 0.4) is 0 Å². The second-order valence-electron chi connectivity index (χ2n) is 16.3. The molecule has 1 saturated carbocycles. The van der Waals surface area contributed by atoms with Gasteiger partial charge in [-0.3, -0.25) is 4.98 Å². The van der Waals surface area contributed by atoms with E-state index in [9.17, 15) is 10.2 Å². The molecule has 2 aliphatic heterocycles. The zero-order valence-corrected chi connectivity index (χ0v) is 35.0. The lowest BCUT2D eigenvalue weighted by Crippen LogP contribution is -2.64. The topological polar surface area (TPSA) is 112 Å². The summed E-state index contributed by atoms with van der Waals surface area (Å²) in [5, 5.41) is 27.0. The van der Waals surface area contributed by atoms with Crippen molar-refractivity contribution in [2.75, 3.05) is 26.4 Å². The molecule has 3 heterocycles. The Morgan fingerprint density at radius 3 is 2.59 bits per heavy atom. The van der Waals surface area contributed by atoms with Crippen LogP contribution in [0.15, 0.2) is 113 Å². The Morgan fingerprint density at radius 1 is 0.949 bits per heavy atom. The van der Waals surface area contributed by atoms with Crippen molar-refractivity contribution >= 4 is 28.2 Å². The lowest BCUT2D eigenvalue weighted by molar-refractivity contribution is -0.223.